The molecule has 0 heterocycles. The second-order valence-corrected chi connectivity index (χ2v) is 2.67. The Kier molecular flexibility index (Phi) is 11.9. The van der Waals surface area contributed by atoms with E-state index in [1.807, 2.05) is 0 Å². The molecular weight excluding hydrogens is 181 g/mol. The average Bonchev–Trinajstić information content (AvgIpc) is 1.95. The van der Waals surface area contributed by atoms with Gasteiger partial charge in [0.1, 0.15) is 0 Å². The van der Waals surface area contributed by atoms with Crippen molar-refractivity contribution in [3.05, 3.63) is 0 Å². The van der Waals surface area contributed by atoms with Crippen molar-refractivity contribution in [1.82, 2.24) is 5.32 Å². The van der Waals surface area contributed by atoms with Gasteiger partial charge in [-0.2, -0.15) is 0 Å². The largest absolute Gasteiger partial charge is 1.00 e. The standard InChI is InChI=1S/C8H15NO3.Na/c1-7(10)9-6-4-2-3-5-8(11)12;/h2-6H2,1H3,(H,9,10)(H,11,12);/q;+1/p-1. The van der Waals surface area contributed by atoms with E-state index in [0.29, 0.717) is 13.0 Å². The molecule has 0 saturated heterocycles. The van der Waals surface area contributed by atoms with Gasteiger partial charge in [0.25, 0.3) is 0 Å². The molecule has 0 radical (unpaired) electrons. The second kappa shape index (κ2) is 10.0. The number of carboxylic acid groups (broad SMARTS) is 1. The summed E-state index contributed by atoms with van der Waals surface area (Å²) in [6, 6.07) is 0. The van der Waals surface area contributed by atoms with Crippen LogP contribution in [0.3, 0.4) is 0 Å². The summed E-state index contributed by atoms with van der Waals surface area (Å²) in [6.07, 6.45) is 2.38. The normalized spacial score (nSPS) is 8.69. The first-order valence-corrected chi connectivity index (χ1v) is 4.07. The third-order valence-electron chi connectivity index (χ3n) is 1.43. The molecule has 0 aromatic rings. The molecule has 0 aromatic heterocycles. The van der Waals surface area contributed by atoms with Crippen molar-refractivity contribution in [2.24, 2.45) is 0 Å². The topological polar surface area (TPSA) is 69.2 Å². The van der Waals surface area contributed by atoms with Crippen LogP contribution in [0.4, 0.5) is 0 Å². The summed E-state index contributed by atoms with van der Waals surface area (Å²) < 4.78 is 0. The van der Waals surface area contributed by atoms with Crippen LogP contribution in [0.1, 0.15) is 32.6 Å². The van der Waals surface area contributed by atoms with Gasteiger partial charge in [-0.15, -0.1) is 0 Å². The molecule has 1 N–H and O–H groups in total. The first-order valence-electron chi connectivity index (χ1n) is 4.07. The van der Waals surface area contributed by atoms with Crippen LogP contribution in [0, 0.1) is 0 Å². The quantitative estimate of drug-likeness (QED) is 0.352. The molecule has 0 saturated carbocycles. The molecule has 0 rings (SSSR count). The Morgan fingerprint density at radius 1 is 1.23 bits per heavy atom. The maximum atomic E-state index is 10.4. The van der Waals surface area contributed by atoms with E-state index in [1.54, 1.807) is 0 Å². The summed E-state index contributed by atoms with van der Waals surface area (Å²) in [7, 11) is 0. The molecule has 0 aliphatic heterocycles. The number of amides is 1. The fourth-order valence-electron chi connectivity index (χ4n) is 0.836. The molecule has 4 nitrogen and oxygen atoms in total. The molecule has 0 unspecified atom stereocenters. The number of carbonyl (C=O) groups excluding carboxylic acids is 2. The van der Waals surface area contributed by atoms with E-state index in [-0.39, 0.29) is 41.9 Å². The van der Waals surface area contributed by atoms with Gasteiger partial charge in [-0.1, -0.05) is 6.42 Å². The summed E-state index contributed by atoms with van der Waals surface area (Å²) in [5.74, 6) is -1.05. The number of carbonyl (C=O) groups is 2. The summed E-state index contributed by atoms with van der Waals surface area (Å²) in [4.78, 5) is 20.3. The summed E-state index contributed by atoms with van der Waals surface area (Å²) in [5.41, 5.74) is 0. The monoisotopic (exact) mass is 195 g/mol. The first kappa shape index (κ1) is 15.4. The Morgan fingerprint density at radius 3 is 2.31 bits per heavy atom. The van der Waals surface area contributed by atoms with Crippen LogP contribution in [0.5, 0.6) is 0 Å². The summed E-state index contributed by atoms with van der Waals surface area (Å²) in [6.45, 7) is 2.09. The van der Waals surface area contributed by atoms with Crippen LogP contribution < -0.4 is 40.0 Å². The Bertz CT molecular complexity index is 143. The van der Waals surface area contributed by atoms with Crippen LogP contribution in [0.25, 0.3) is 0 Å². The third kappa shape index (κ3) is 14.8. The Labute approximate surface area is 100 Å². The van der Waals surface area contributed by atoms with Gasteiger partial charge in [-0.05, 0) is 19.3 Å². The van der Waals surface area contributed by atoms with Crippen LogP contribution in [-0.2, 0) is 9.59 Å². The Hall–Kier alpha value is -0.0600. The maximum absolute atomic E-state index is 10.4. The van der Waals surface area contributed by atoms with Crippen molar-refractivity contribution in [2.75, 3.05) is 6.54 Å². The van der Waals surface area contributed by atoms with Gasteiger partial charge in [-0.3, -0.25) is 4.79 Å². The van der Waals surface area contributed by atoms with E-state index >= 15 is 0 Å². The minimum Gasteiger partial charge on any atom is -0.550 e. The molecule has 0 spiro atoms. The van der Waals surface area contributed by atoms with Gasteiger partial charge in [-0.25, -0.2) is 0 Å². The SMILES string of the molecule is CC(=O)NCCCCCC(=O)[O-].[Na+]. The van der Waals surface area contributed by atoms with Crippen LogP contribution in [0.2, 0.25) is 0 Å². The van der Waals surface area contributed by atoms with E-state index < -0.39 is 5.97 Å². The van der Waals surface area contributed by atoms with Crippen molar-refractivity contribution in [3.63, 3.8) is 0 Å². The zero-order valence-corrected chi connectivity index (χ0v) is 10.3. The number of nitrogens with one attached hydrogen (secondary N) is 1. The van der Waals surface area contributed by atoms with Gasteiger partial charge in [0, 0.05) is 19.4 Å². The molecule has 0 aliphatic rings. The molecule has 5 heteroatoms. The molecule has 70 valence electrons. The fourth-order valence-corrected chi connectivity index (χ4v) is 0.836. The van der Waals surface area contributed by atoms with Gasteiger partial charge in [0.15, 0.2) is 0 Å². The molecule has 13 heavy (non-hydrogen) atoms. The van der Waals surface area contributed by atoms with Crippen LogP contribution in [0.15, 0.2) is 0 Å². The van der Waals surface area contributed by atoms with Gasteiger partial charge >= 0.3 is 29.6 Å². The molecule has 1 amide bonds. The number of rotatable bonds is 6. The molecule has 0 fully saturated rings. The van der Waals surface area contributed by atoms with E-state index in [0.717, 1.165) is 12.8 Å². The second-order valence-electron chi connectivity index (χ2n) is 2.67. The average molecular weight is 195 g/mol. The molecule has 0 bridgehead atoms. The fraction of sp³-hybridized carbons (Fsp3) is 0.750. The zero-order chi connectivity index (χ0) is 9.40. The molecule has 0 atom stereocenters. The number of hydrogen-bond acceptors (Lipinski definition) is 3. The number of hydrogen-bond donors (Lipinski definition) is 1. The van der Waals surface area contributed by atoms with E-state index in [1.165, 1.54) is 6.92 Å². The van der Waals surface area contributed by atoms with E-state index in [2.05, 4.69) is 5.32 Å². The number of aliphatic carboxylic acids is 1. The maximum Gasteiger partial charge on any atom is 1.00 e. The Balaban J connectivity index is 0. The zero-order valence-electron chi connectivity index (χ0n) is 8.26. The third-order valence-corrected chi connectivity index (χ3v) is 1.43. The summed E-state index contributed by atoms with van der Waals surface area (Å²) >= 11 is 0. The van der Waals surface area contributed by atoms with Crippen molar-refractivity contribution >= 4 is 11.9 Å². The van der Waals surface area contributed by atoms with Crippen molar-refractivity contribution in [1.29, 1.82) is 0 Å². The van der Waals surface area contributed by atoms with Crippen LogP contribution in [-0.4, -0.2) is 18.4 Å². The van der Waals surface area contributed by atoms with Gasteiger partial charge in [0.2, 0.25) is 5.91 Å². The molecular formula is C8H14NNaO3. The van der Waals surface area contributed by atoms with E-state index in [4.69, 9.17) is 0 Å². The van der Waals surface area contributed by atoms with Crippen molar-refractivity contribution in [2.45, 2.75) is 32.6 Å². The van der Waals surface area contributed by atoms with Crippen LogP contribution >= 0.6 is 0 Å². The Morgan fingerprint density at radius 2 is 1.85 bits per heavy atom. The minimum absolute atomic E-state index is 0. The smallest absolute Gasteiger partial charge is 0.550 e. The number of carboxylic acids is 1. The first-order chi connectivity index (χ1) is 5.63. The van der Waals surface area contributed by atoms with E-state index in [9.17, 15) is 14.7 Å². The minimum atomic E-state index is -1.01. The van der Waals surface area contributed by atoms with Gasteiger partial charge < -0.3 is 15.2 Å². The van der Waals surface area contributed by atoms with Crippen molar-refractivity contribution in [3.8, 4) is 0 Å². The van der Waals surface area contributed by atoms with Gasteiger partial charge in [0.05, 0.1) is 0 Å². The van der Waals surface area contributed by atoms with Crippen molar-refractivity contribution < 1.29 is 44.3 Å². The predicted molar refractivity (Wildman–Crippen MR) is 42.2 cm³/mol. The summed E-state index contributed by atoms with van der Waals surface area (Å²) in [5, 5.41) is 12.6. The molecule has 0 aromatic carbocycles. The predicted octanol–water partition coefficient (Wildman–Crippen LogP) is -3.56. The number of unbranched alkanes of at least 4 members (excludes halogenated alkanes) is 2. The molecule has 0 aliphatic carbocycles.